The summed E-state index contributed by atoms with van der Waals surface area (Å²) < 4.78 is 12.0. The number of hydrogen-bond acceptors (Lipinski definition) is 8. The van der Waals surface area contributed by atoms with Gasteiger partial charge in [-0.1, -0.05) is 6.07 Å². The average Bonchev–Trinajstić information content (AvgIpc) is 3.59. The summed E-state index contributed by atoms with van der Waals surface area (Å²) in [5.41, 5.74) is 6.90. The second kappa shape index (κ2) is 8.27. The first kappa shape index (κ1) is 22.9. The molecule has 0 unspecified atom stereocenters. The average molecular weight is 498 g/mol. The molecular formula is C28H23N3O6. The minimum Gasteiger partial charge on any atom is -0.508 e. The SMILES string of the molecule is C#CCCC1(CCC(=O)Nc2ccc3c(c2)C(=O)OC32c3ccc(O)cc3Oc3cc(O)ccc32)NN1. The van der Waals surface area contributed by atoms with Crippen LogP contribution in [0.5, 0.6) is 23.0 Å². The van der Waals surface area contributed by atoms with Crippen LogP contribution in [0.4, 0.5) is 5.69 Å². The summed E-state index contributed by atoms with van der Waals surface area (Å²) in [5.74, 6) is 2.42. The first-order chi connectivity index (χ1) is 17.8. The van der Waals surface area contributed by atoms with Crippen molar-refractivity contribution in [2.45, 2.75) is 36.9 Å². The molecule has 3 aromatic rings. The maximum Gasteiger partial charge on any atom is 0.340 e. The van der Waals surface area contributed by atoms with Crippen molar-refractivity contribution in [1.82, 2.24) is 10.9 Å². The number of amides is 1. The third-order valence-corrected chi connectivity index (χ3v) is 7.01. The molecule has 1 saturated heterocycles. The fourth-order valence-corrected chi connectivity index (χ4v) is 5.08. The predicted molar refractivity (Wildman–Crippen MR) is 133 cm³/mol. The molecule has 0 saturated carbocycles. The van der Waals surface area contributed by atoms with Crippen LogP contribution in [-0.2, 0) is 15.1 Å². The number of terminal acetylenes is 1. The third-order valence-electron chi connectivity index (χ3n) is 7.01. The summed E-state index contributed by atoms with van der Waals surface area (Å²) in [6, 6.07) is 14.2. The number of aromatic hydroxyl groups is 2. The van der Waals surface area contributed by atoms with Gasteiger partial charge in [-0.05, 0) is 49.2 Å². The Hall–Kier alpha value is -4.52. The molecule has 3 aliphatic heterocycles. The lowest BCUT2D eigenvalue weighted by molar-refractivity contribution is -0.116. The molecule has 9 heteroatoms. The number of carbonyl (C=O) groups excluding carboxylic acids is 2. The Morgan fingerprint density at radius 1 is 0.946 bits per heavy atom. The lowest BCUT2D eigenvalue weighted by atomic mass is 9.77. The van der Waals surface area contributed by atoms with Gasteiger partial charge < -0.3 is 25.0 Å². The second-order valence-corrected chi connectivity index (χ2v) is 9.38. The van der Waals surface area contributed by atoms with E-state index in [0.717, 1.165) is 6.42 Å². The zero-order valence-electron chi connectivity index (χ0n) is 19.6. The highest BCUT2D eigenvalue weighted by atomic mass is 16.6. The molecule has 3 heterocycles. The van der Waals surface area contributed by atoms with Crippen LogP contribution >= 0.6 is 0 Å². The van der Waals surface area contributed by atoms with Crippen molar-refractivity contribution in [2.24, 2.45) is 0 Å². The number of esters is 1. The van der Waals surface area contributed by atoms with Gasteiger partial charge in [0.1, 0.15) is 23.0 Å². The van der Waals surface area contributed by atoms with Crippen LogP contribution in [0.3, 0.4) is 0 Å². The summed E-state index contributed by atoms with van der Waals surface area (Å²) in [7, 11) is 0. The third kappa shape index (κ3) is 3.74. The zero-order chi connectivity index (χ0) is 25.8. The molecule has 1 spiro atoms. The zero-order valence-corrected chi connectivity index (χ0v) is 19.6. The van der Waals surface area contributed by atoms with E-state index in [1.54, 1.807) is 30.3 Å². The van der Waals surface area contributed by atoms with Gasteiger partial charge in [-0.15, -0.1) is 12.3 Å². The molecule has 3 aliphatic rings. The van der Waals surface area contributed by atoms with Gasteiger partial charge in [-0.2, -0.15) is 0 Å². The Kier molecular flexibility index (Phi) is 5.12. The van der Waals surface area contributed by atoms with Crippen molar-refractivity contribution in [2.75, 3.05) is 5.32 Å². The molecular weight excluding hydrogens is 474 g/mol. The van der Waals surface area contributed by atoms with Gasteiger partial charge in [0.2, 0.25) is 5.91 Å². The second-order valence-electron chi connectivity index (χ2n) is 9.38. The lowest BCUT2D eigenvalue weighted by Gasteiger charge is -2.36. The van der Waals surface area contributed by atoms with E-state index >= 15 is 0 Å². The Bertz CT molecular complexity index is 1450. The topological polar surface area (TPSA) is 149 Å². The van der Waals surface area contributed by atoms with Crippen LogP contribution in [0.25, 0.3) is 0 Å². The molecule has 37 heavy (non-hydrogen) atoms. The van der Waals surface area contributed by atoms with Crippen molar-refractivity contribution >= 4 is 17.6 Å². The fraction of sp³-hybridized carbons (Fsp3) is 0.214. The van der Waals surface area contributed by atoms with Crippen molar-refractivity contribution in [3.8, 4) is 35.3 Å². The van der Waals surface area contributed by atoms with Gasteiger partial charge >= 0.3 is 5.97 Å². The van der Waals surface area contributed by atoms with Crippen molar-refractivity contribution in [1.29, 1.82) is 0 Å². The van der Waals surface area contributed by atoms with Gasteiger partial charge in [0, 0.05) is 47.4 Å². The Labute approximate surface area is 212 Å². The van der Waals surface area contributed by atoms with E-state index in [0.29, 0.717) is 52.3 Å². The number of anilines is 1. The van der Waals surface area contributed by atoms with E-state index < -0.39 is 11.6 Å². The number of rotatable bonds is 6. The molecule has 5 N–H and O–H groups in total. The summed E-state index contributed by atoms with van der Waals surface area (Å²) in [4.78, 5) is 25.8. The minimum atomic E-state index is -1.34. The Balaban J connectivity index is 1.32. The number of hydrogen-bond donors (Lipinski definition) is 5. The van der Waals surface area contributed by atoms with Crippen molar-refractivity contribution in [3.05, 3.63) is 76.9 Å². The molecule has 0 aliphatic carbocycles. The predicted octanol–water partition coefficient (Wildman–Crippen LogP) is 3.60. The number of hydrazine groups is 1. The number of phenols is 2. The monoisotopic (exact) mass is 497 g/mol. The van der Waals surface area contributed by atoms with Crippen LogP contribution in [0, 0.1) is 12.3 Å². The molecule has 9 nitrogen and oxygen atoms in total. The van der Waals surface area contributed by atoms with Gasteiger partial charge in [-0.3, -0.25) is 4.79 Å². The first-order valence-electron chi connectivity index (χ1n) is 11.8. The van der Waals surface area contributed by atoms with Crippen LogP contribution in [0.15, 0.2) is 54.6 Å². The number of phenolic OH excluding ortho intramolecular Hbond substituents is 2. The molecule has 0 bridgehead atoms. The molecule has 0 radical (unpaired) electrons. The molecule has 186 valence electrons. The summed E-state index contributed by atoms with van der Waals surface area (Å²) >= 11 is 0. The number of ether oxygens (including phenoxy) is 2. The summed E-state index contributed by atoms with van der Waals surface area (Å²) in [6.45, 7) is 0. The van der Waals surface area contributed by atoms with E-state index in [-0.39, 0.29) is 29.5 Å². The highest BCUT2D eigenvalue weighted by molar-refractivity contribution is 5.99. The van der Waals surface area contributed by atoms with Gasteiger partial charge in [0.25, 0.3) is 0 Å². The maximum atomic E-state index is 13.2. The lowest BCUT2D eigenvalue weighted by Crippen LogP contribution is -2.32. The quantitative estimate of drug-likeness (QED) is 0.197. The minimum absolute atomic E-state index is 0.0159. The van der Waals surface area contributed by atoms with E-state index in [4.69, 9.17) is 15.9 Å². The standard InChI is InChI=1S/C28H23N3O6/c1-2-3-11-27(30-31-27)12-10-25(34)29-16-4-7-20-19(13-16)26(35)37-28(20)21-8-5-17(32)14-23(21)36-24-15-18(33)6-9-22(24)28/h1,4-9,13-15,30-33H,3,10-12H2,(H,29,34). The van der Waals surface area contributed by atoms with E-state index in [1.165, 1.54) is 24.3 Å². The van der Waals surface area contributed by atoms with Crippen molar-refractivity contribution < 1.29 is 29.3 Å². The molecule has 0 aromatic heterocycles. The van der Waals surface area contributed by atoms with Gasteiger partial charge in [0.05, 0.1) is 11.2 Å². The summed E-state index contributed by atoms with van der Waals surface area (Å²) in [5, 5.41) is 22.9. The number of nitrogens with one attached hydrogen (secondary N) is 3. The highest BCUT2D eigenvalue weighted by Gasteiger charge is 2.53. The maximum absolute atomic E-state index is 13.2. The van der Waals surface area contributed by atoms with Crippen LogP contribution in [-0.4, -0.2) is 27.8 Å². The van der Waals surface area contributed by atoms with Gasteiger partial charge in [0.15, 0.2) is 5.60 Å². The largest absolute Gasteiger partial charge is 0.508 e. The van der Waals surface area contributed by atoms with Crippen LogP contribution < -0.4 is 20.9 Å². The fourth-order valence-electron chi connectivity index (χ4n) is 5.08. The van der Waals surface area contributed by atoms with E-state index in [9.17, 15) is 19.8 Å². The van der Waals surface area contributed by atoms with Gasteiger partial charge in [-0.25, -0.2) is 15.6 Å². The summed E-state index contributed by atoms with van der Waals surface area (Å²) in [6.07, 6.45) is 7.51. The number of fused-ring (bicyclic) bond motifs is 6. The van der Waals surface area contributed by atoms with Crippen molar-refractivity contribution in [3.63, 3.8) is 0 Å². The first-order valence-corrected chi connectivity index (χ1v) is 11.8. The smallest absolute Gasteiger partial charge is 0.340 e. The molecule has 1 amide bonds. The molecule has 1 fully saturated rings. The number of carbonyl (C=O) groups is 2. The molecule has 6 rings (SSSR count). The molecule has 0 atom stereocenters. The number of benzene rings is 3. The highest BCUT2D eigenvalue weighted by Crippen LogP contribution is 2.57. The van der Waals surface area contributed by atoms with E-state index in [2.05, 4.69) is 22.1 Å². The Morgan fingerprint density at radius 3 is 2.22 bits per heavy atom. The Morgan fingerprint density at radius 2 is 1.59 bits per heavy atom. The normalized spacial score (nSPS) is 17.0. The molecule has 3 aromatic carbocycles. The van der Waals surface area contributed by atoms with Crippen LogP contribution in [0.2, 0.25) is 0 Å². The van der Waals surface area contributed by atoms with E-state index in [1.807, 2.05) is 0 Å². The van der Waals surface area contributed by atoms with Crippen LogP contribution in [0.1, 0.15) is 52.7 Å².